The number of rotatable bonds is 6. The van der Waals surface area contributed by atoms with Crippen LogP contribution in [0.2, 0.25) is 0 Å². The van der Waals surface area contributed by atoms with E-state index in [1.165, 1.54) is 22.3 Å². The van der Waals surface area contributed by atoms with Crippen molar-refractivity contribution in [3.05, 3.63) is 76.0 Å². The van der Waals surface area contributed by atoms with Crippen molar-refractivity contribution in [1.29, 1.82) is 0 Å². The molecule has 6 nitrogen and oxygen atoms in total. The van der Waals surface area contributed by atoms with Crippen molar-refractivity contribution in [3.8, 4) is 11.3 Å². The molecule has 5 aromatic rings. The maximum atomic E-state index is 13.1. The maximum Gasteiger partial charge on any atom is 0.283 e. The third-order valence-corrected chi connectivity index (χ3v) is 5.93. The van der Waals surface area contributed by atoms with Gasteiger partial charge < -0.3 is 8.83 Å². The van der Waals surface area contributed by atoms with Crippen LogP contribution in [0.15, 0.2) is 73.1 Å². The highest BCUT2D eigenvalue weighted by Crippen LogP contribution is 2.31. The molecule has 0 N–H and O–H groups in total. The van der Waals surface area contributed by atoms with Crippen molar-refractivity contribution in [2.75, 3.05) is 0 Å². The third-order valence-electron chi connectivity index (χ3n) is 5.04. The zero-order valence-corrected chi connectivity index (χ0v) is 17.2. The zero-order valence-electron chi connectivity index (χ0n) is 16.4. The lowest BCUT2D eigenvalue weighted by atomic mass is 10.1. The largest absolute Gasteiger partial charge is 0.464 e. The molecule has 0 atom stereocenters. The Bertz CT molecular complexity index is 1410. The van der Waals surface area contributed by atoms with Crippen LogP contribution in [0.5, 0.6) is 0 Å². The molecule has 0 radical (unpaired) electrons. The lowest BCUT2D eigenvalue weighted by Crippen LogP contribution is -2.16. The summed E-state index contributed by atoms with van der Waals surface area (Å²) in [4.78, 5) is 18.2. The SMILES string of the molecule is CCCCc1oc2ccccc2c1/C=N\n1cnc2scc(-c3ccco3)c2c1=O. The number of benzene rings is 1. The number of aromatic nitrogens is 2. The summed E-state index contributed by atoms with van der Waals surface area (Å²) in [6.45, 7) is 2.15. The molecular formula is C23H19N3O3S. The molecule has 0 aliphatic carbocycles. The van der Waals surface area contributed by atoms with Crippen molar-refractivity contribution in [2.45, 2.75) is 26.2 Å². The van der Waals surface area contributed by atoms with E-state index in [-0.39, 0.29) is 5.56 Å². The number of unbranched alkanes of at least 4 members (excludes halogenated alkanes) is 1. The van der Waals surface area contributed by atoms with Gasteiger partial charge in [-0.2, -0.15) is 9.78 Å². The predicted octanol–water partition coefficient (Wildman–Crippen LogP) is 5.69. The lowest BCUT2D eigenvalue weighted by molar-refractivity contribution is 0.536. The van der Waals surface area contributed by atoms with E-state index in [4.69, 9.17) is 8.83 Å². The molecule has 4 heterocycles. The lowest BCUT2D eigenvalue weighted by Gasteiger charge is -2.00. The first-order valence-electron chi connectivity index (χ1n) is 9.83. The summed E-state index contributed by atoms with van der Waals surface area (Å²) in [6, 6.07) is 11.5. The summed E-state index contributed by atoms with van der Waals surface area (Å²) in [6.07, 6.45) is 7.67. The minimum atomic E-state index is -0.230. The molecule has 0 bridgehead atoms. The fourth-order valence-electron chi connectivity index (χ4n) is 3.52. The van der Waals surface area contributed by atoms with E-state index < -0.39 is 0 Å². The molecule has 0 aliphatic rings. The van der Waals surface area contributed by atoms with Crippen molar-refractivity contribution >= 4 is 38.7 Å². The van der Waals surface area contributed by atoms with E-state index in [2.05, 4.69) is 17.0 Å². The Morgan fingerprint density at radius 1 is 1.23 bits per heavy atom. The van der Waals surface area contributed by atoms with Gasteiger partial charge in [0.05, 0.1) is 17.9 Å². The van der Waals surface area contributed by atoms with E-state index in [1.807, 2.05) is 35.7 Å². The van der Waals surface area contributed by atoms with Gasteiger partial charge >= 0.3 is 0 Å². The van der Waals surface area contributed by atoms with Crippen LogP contribution in [0.3, 0.4) is 0 Å². The highest BCUT2D eigenvalue weighted by molar-refractivity contribution is 7.17. The molecule has 1 aromatic carbocycles. The van der Waals surface area contributed by atoms with Crippen LogP contribution in [0, 0.1) is 0 Å². The van der Waals surface area contributed by atoms with Gasteiger partial charge in [-0.25, -0.2) is 4.98 Å². The Morgan fingerprint density at radius 3 is 2.97 bits per heavy atom. The normalized spacial score (nSPS) is 11.9. The van der Waals surface area contributed by atoms with Crippen LogP contribution < -0.4 is 5.56 Å². The molecule has 0 amide bonds. The van der Waals surface area contributed by atoms with Crippen molar-refractivity contribution in [2.24, 2.45) is 5.10 Å². The Balaban J connectivity index is 1.60. The summed E-state index contributed by atoms with van der Waals surface area (Å²) in [5, 5.41) is 7.84. The van der Waals surface area contributed by atoms with Gasteiger partial charge in [0.2, 0.25) is 0 Å². The molecule has 150 valence electrons. The Kier molecular flexibility index (Phi) is 4.80. The number of hydrogen-bond acceptors (Lipinski definition) is 6. The van der Waals surface area contributed by atoms with Gasteiger partial charge in [-0.15, -0.1) is 11.3 Å². The van der Waals surface area contributed by atoms with Gasteiger partial charge in [0, 0.05) is 28.3 Å². The average Bonchev–Trinajstić information content (AvgIpc) is 3.50. The van der Waals surface area contributed by atoms with Crippen molar-refractivity contribution in [1.82, 2.24) is 9.66 Å². The van der Waals surface area contributed by atoms with Gasteiger partial charge in [0.25, 0.3) is 5.56 Å². The average molecular weight is 417 g/mol. The van der Waals surface area contributed by atoms with Gasteiger partial charge in [-0.05, 0) is 24.6 Å². The summed E-state index contributed by atoms with van der Waals surface area (Å²) >= 11 is 1.41. The van der Waals surface area contributed by atoms with Crippen LogP contribution >= 0.6 is 11.3 Å². The molecule has 0 fully saturated rings. The quantitative estimate of drug-likeness (QED) is 0.333. The van der Waals surface area contributed by atoms with Crippen LogP contribution in [0.4, 0.5) is 0 Å². The van der Waals surface area contributed by atoms with Gasteiger partial charge in [-0.1, -0.05) is 31.5 Å². The van der Waals surface area contributed by atoms with Gasteiger partial charge in [0.15, 0.2) is 0 Å². The highest BCUT2D eigenvalue weighted by atomic mass is 32.1. The molecular weight excluding hydrogens is 398 g/mol. The molecule has 30 heavy (non-hydrogen) atoms. The number of fused-ring (bicyclic) bond motifs is 2. The number of para-hydroxylation sites is 1. The zero-order chi connectivity index (χ0) is 20.5. The van der Waals surface area contributed by atoms with Crippen molar-refractivity contribution in [3.63, 3.8) is 0 Å². The Hall–Kier alpha value is -3.45. The summed E-state index contributed by atoms with van der Waals surface area (Å²) in [7, 11) is 0. The molecule has 0 aliphatic heterocycles. The van der Waals surface area contributed by atoms with Crippen LogP contribution in [-0.4, -0.2) is 15.9 Å². The molecule has 0 unspecified atom stereocenters. The second-order valence-corrected chi connectivity index (χ2v) is 7.84. The van der Waals surface area contributed by atoms with Gasteiger partial charge in [-0.3, -0.25) is 4.79 Å². The number of hydrogen-bond donors (Lipinski definition) is 0. The first kappa shape index (κ1) is 18.6. The van der Waals surface area contributed by atoms with E-state index >= 15 is 0 Å². The molecule has 7 heteroatoms. The summed E-state index contributed by atoms with van der Waals surface area (Å²) in [5.41, 5.74) is 2.23. The van der Waals surface area contributed by atoms with Crippen LogP contribution in [-0.2, 0) is 6.42 Å². The second kappa shape index (κ2) is 7.76. The Labute approximate surface area is 176 Å². The molecule has 0 saturated carbocycles. The van der Waals surface area contributed by atoms with Gasteiger partial charge in [0.1, 0.15) is 28.3 Å². The number of nitrogens with zero attached hydrogens (tertiary/aromatic N) is 3. The maximum absolute atomic E-state index is 13.1. The fraction of sp³-hybridized carbons (Fsp3) is 0.174. The highest BCUT2D eigenvalue weighted by Gasteiger charge is 2.16. The third kappa shape index (κ3) is 3.17. The van der Waals surface area contributed by atoms with Crippen LogP contribution in [0.25, 0.3) is 32.5 Å². The van der Waals surface area contributed by atoms with E-state index in [9.17, 15) is 4.79 Å². The summed E-state index contributed by atoms with van der Waals surface area (Å²) < 4.78 is 12.8. The number of thiophene rings is 1. The second-order valence-electron chi connectivity index (χ2n) is 6.98. The minimum absolute atomic E-state index is 0.230. The van der Waals surface area contributed by atoms with E-state index in [0.717, 1.165) is 47.1 Å². The topological polar surface area (TPSA) is 73.5 Å². The molecule has 0 saturated heterocycles. The first-order valence-corrected chi connectivity index (χ1v) is 10.7. The van der Waals surface area contributed by atoms with Crippen molar-refractivity contribution < 1.29 is 8.83 Å². The monoisotopic (exact) mass is 417 g/mol. The smallest absolute Gasteiger partial charge is 0.283 e. The standard InChI is InChI=1S/C23H19N3O3S/c1-2-3-8-20-16(15-7-4-5-9-19(15)29-20)12-25-26-14-24-22-21(23(26)27)17(13-30-22)18-10-6-11-28-18/h4-7,9-14H,2-3,8H2,1H3/b25-12-. The van der Waals surface area contributed by atoms with E-state index in [0.29, 0.717) is 16.0 Å². The fourth-order valence-corrected chi connectivity index (χ4v) is 4.41. The molecule has 5 rings (SSSR count). The summed E-state index contributed by atoms with van der Waals surface area (Å²) in [5.74, 6) is 1.53. The number of aryl methyl sites for hydroxylation is 1. The molecule has 4 aromatic heterocycles. The first-order chi connectivity index (χ1) is 14.8. The van der Waals surface area contributed by atoms with E-state index in [1.54, 1.807) is 18.5 Å². The minimum Gasteiger partial charge on any atom is -0.464 e. The predicted molar refractivity (Wildman–Crippen MR) is 119 cm³/mol. The Morgan fingerprint density at radius 2 is 2.13 bits per heavy atom. The number of furan rings is 2. The van der Waals surface area contributed by atoms with Crippen LogP contribution in [0.1, 0.15) is 31.1 Å². The molecule has 0 spiro atoms.